The molecule has 0 saturated carbocycles. The SMILES string of the molecule is Cc1ccc2nc(N(CCN3CCOCC3)C(=O)c3ccc([N+](=O)[O-])o3)sc2c1.Cl. The maximum absolute atomic E-state index is 13.1. The predicted molar refractivity (Wildman–Crippen MR) is 116 cm³/mol. The number of amides is 1. The number of thiazole rings is 1. The van der Waals surface area contributed by atoms with Crippen molar-refractivity contribution in [2.75, 3.05) is 44.3 Å². The number of hydrogen-bond donors (Lipinski definition) is 0. The van der Waals surface area contributed by atoms with Crippen molar-refractivity contribution in [2.24, 2.45) is 0 Å². The normalized spacial score (nSPS) is 14.4. The highest BCUT2D eigenvalue weighted by atomic mass is 35.5. The molecule has 1 aromatic carbocycles. The summed E-state index contributed by atoms with van der Waals surface area (Å²) in [6.45, 7) is 5.97. The molecule has 0 unspecified atom stereocenters. The highest BCUT2D eigenvalue weighted by Gasteiger charge is 2.27. The summed E-state index contributed by atoms with van der Waals surface area (Å²) >= 11 is 1.42. The number of ether oxygens (including phenoxy) is 1. The first-order valence-electron chi connectivity index (χ1n) is 9.24. The third-order valence-electron chi connectivity index (χ3n) is 4.73. The highest BCUT2D eigenvalue weighted by Crippen LogP contribution is 2.31. The molecule has 0 atom stereocenters. The van der Waals surface area contributed by atoms with Crippen LogP contribution in [0.2, 0.25) is 0 Å². The molecule has 0 spiro atoms. The van der Waals surface area contributed by atoms with Gasteiger partial charge in [-0.1, -0.05) is 17.4 Å². The number of aromatic nitrogens is 1. The van der Waals surface area contributed by atoms with Crippen molar-refractivity contribution in [3.8, 4) is 0 Å². The van der Waals surface area contributed by atoms with Crippen LogP contribution in [0, 0.1) is 17.0 Å². The molecule has 0 bridgehead atoms. The lowest BCUT2D eigenvalue weighted by Crippen LogP contribution is -2.43. The Labute approximate surface area is 182 Å². The van der Waals surface area contributed by atoms with Gasteiger partial charge < -0.3 is 9.15 Å². The summed E-state index contributed by atoms with van der Waals surface area (Å²) in [5.74, 6) is -0.974. The smallest absolute Gasteiger partial charge is 0.395 e. The van der Waals surface area contributed by atoms with E-state index in [9.17, 15) is 14.9 Å². The second kappa shape index (κ2) is 9.52. The molecule has 3 aromatic rings. The molecule has 9 nitrogen and oxygen atoms in total. The minimum Gasteiger partial charge on any atom is -0.395 e. The van der Waals surface area contributed by atoms with Crippen LogP contribution in [-0.2, 0) is 4.74 Å². The molecule has 1 aliphatic rings. The summed E-state index contributed by atoms with van der Waals surface area (Å²) in [6, 6.07) is 8.45. The number of rotatable bonds is 6. The fraction of sp³-hybridized carbons (Fsp3) is 0.368. The quantitative estimate of drug-likeness (QED) is 0.416. The van der Waals surface area contributed by atoms with Gasteiger partial charge in [-0.3, -0.25) is 24.7 Å². The summed E-state index contributed by atoms with van der Waals surface area (Å²) < 4.78 is 11.5. The zero-order valence-corrected chi connectivity index (χ0v) is 17.9. The Morgan fingerprint density at radius 2 is 2.07 bits per heavy atom. The van der Waals surface area contributed by atoms with Gasteiger partial charge in [0.15, 0.2) is 10.9 Å². The van der Waals surface area contributed by atoms with Gasteiger partial charge in [-0.05, 0) is 30.7 Å². The summed E-state index contributed by atoms with van der Waals surface area (Å²) in [7, 11) is 0. The monoisotopic (exact) mass is 452 g/mol. The van der Waals surface area contributed by atoms with E-state index in [4.69, 9.17) is 9.15 Å². The maximum Gasteiger partial charge on any atom is 0.433 e. The standard InChI is InChI=1S/C19H20N4O5S.ClH/c1-13-2-3-14-16(12-13)29-19(20-14)22(7-6-21-8-10-27-11-9-21)18(24)15-4-5-17(28-15)23(25)26;/h2-5,12H,6-11H2,1H3;1H. The van der Waals surface area contributed by atoms with Gasteiger partial charge in [0.2, 0.25) is 0 Å². The van der Waals surface area contributed by atoms with E-state index < -0.39 is 16.7 Å². The van der Waals surface area contributed by atoms with Crippen molar-refractivity contribution in [2.45, 2.75) is 6.92 Å². The lowest BCUT2D eigenvalue weighted by molar-refractivity contribution is -0.402. The van der Waals surface area contributed by atoms with Crippen molar-refractivity contribution < 1.29 is 18.9 Å². The third kappa shape index (κ3) is 4.78. The zero-order chi connectivity index (χ0) is 20.4. The average Bonchev–Trinajstić information content (AvgIpc) is 3.36. The van der Waals surface area contributed by atoms with E-state index in [1.54, 1.807) is 0 Å². The molecule has 3 heterocycles. The molecule has 0 aliphatic carbocycles. The number of morpholine rings is 1. The molecular weight excluding hydrogens is 432 g/mol. The van der Waals surface area contributed by atoms with E-state index in [0.717, 1.165) is 28.9 Å². The Hall–Kier alpha value is -2.53. The Balaban J connectivity index is 0.00000256. The molecule has 1 fully saturated rings. The summed E-state index contributed by atoms with van der Waals surface area (Å²) in [6.07, 6.45) is 0. The van der Waals surface area contributed by atoms with E-state index in [0.29, 0.717) is 31.4 Å². The van der Waals surface area contributed by atoms with Crippen LogP contribution >= 0.6 is 23.7 Å². The highest BCUT2D eigenvalue weighted by molar-refractivity contribution is 7.22. The van der Waals surface area contributed by atoms with Gasteiger partial charge in [0.25, 0.3) is 5.91 Å². The summed E-state index contributed by atoms with van der Waals surface area (Å²) in [4.78, 5) is 31.8. The maximum atomic E-state index is 13.1. The van der Waals surface area contributed by atoms with E-state index in [1.807, 2.05) is 25.1 Å². The van der Waals surface area contributed by atoms with Gasteiger partial charge >= 0.3 is 5.88 Å². The van der Waals surface area contributed by atoms with Crippen molar-refractivity contribution in [1.82, 2.24) is 9.88 Å². The van der Waals surface area contributed by atoms with Crippen LogP contribution in [0.3, 0.4) is 0 Å². The number of benzene rings is 1. The van der Waals surface area contributed by atoms with Crippen LogP contribution in [0.15, 0.2) is 34.7 Å². The lowest BCUT2D eigenvalue weighted by Gasteiger charge is -2.28. The fourth-order valence-corrected chi connectivity index (χ4v) is 4.25. The summed E-state index contributed by atoms with van der Waals surface area (Å²) in [5.41, 5.74) is 1.92. The van der Waals surface area contributed by atoms with Crippen LogP contribution in [0.1, 0.15) is 16.1 Å². The number of halogens is 1. The second-order valence-corrected chi connectivity index (χ2v) is 7.78. The topological polar surface area (TPSA) is 102 Å². The van der Waals surface area contributed by atoms with Crippen LogP contribution < -0.4 is 4.90 Å². The second-order valence-electron chi connectivity index (χ2n) is 6.77. The molecule has 11 heteroatoms. The Morgan fingerprint density at radius 1 is 1.30 bits per heavy atom. The minimum absolute atomic E-state index is 0. The average molecular weight is 453 g/mol. The molecule has 30 heavy (non-hydrogen) atoms. The largest absolute Gasteiger partial charge is 0.433 e. The number of hydrogen-bond acceptors (Lipinski definition) is 8. The van der Waals surface area contributed by atoms with Gasteiger partial charge in [0.1, 0.15) is 4.92 Å². The number of furan rings is 1. The van der Waals surface area contributed by atoms with Crippen LogP contribution in [0.5, 0.6) is 0 Å². The predicted octanol–water partition coefficient (Wildman–Crippen LogP) is 3.51. The molecule has 1 saturated heterocycles. The number of carbonyl (C=O) groups excluding carboxylic acids is 1. The van der Waals surface area contributed by atoms with Crippen molar-refractivity contribution in [1.29, 1.82) is 0 Å². The molecule has 1 aliphatic heterocycles. The van der Waals surface area contributed by atoms with Gasteiger partial charge in [-0.2, -0.15) is 0 Å². The fourth-order valence-electron chi connectivity index (χ4n) is 3.16. The van der Waals surface area contributed by atoms with Gasteiger partial charge in [-0.15, -0.1) is 12.4 Å². The zero-order valence-electron chi connectivity index (χ0n) is 16.3. The number of carbonyl (C=O) groups is 1. The Morgan fingerprint density at radius 3 is 2.77 bits per heavy atom. The number of fused-ring (bicyclic) bond motifs is 1. The van der Waals surface area contributed by atoms with Crippen molar-refractivity contribution >= 4 is 50.9 Å². The van der Waals surface area contributed by atoms with Crippen LogP contribution in [0.4, 0.5) is 11.0 Å². The van der Waals surface area contributed by atoms with Gasteiger partial charge in [-0.25, -0.2) is 4.98 Å². The van der Waals surface area contributed by atoms with Gasteiger partial charge in [0.05, 0.1) is 29.5 Å². The van der Waals surface area contributed by atoms with E-state index in [2.05, 4.69) is 9.88 Å². The number of aryl methyl sites for hydroxylation is 1. The van der Waals surface area contributed by atoms with E-state index in [-0.39, 0.29) is 18.2 Å². The van der Waals surface area contributed by atoms with Crippen LogP contribution in [-0.4, -0.2) is 60.1 Å². The third-order valence-corrected chi connectivity index (χ3v) is 5.78. The first kappa shape index (κ1) is 22.2. The molecule has 4 rings (SSSR count). The number of nitro groups is 1. The molecule has 0 N–H and O–H groups in total. The molecule has 0 radical (unpaired) electrons. The summed E-state index contributed by atoms with van der Waals surface area (Å²) in [5, 5.41) is 11.5. The number of nitrogens with zero attached hydrogens (tertiary/aromatic N) is 4. The Kier molecular flexibility index (Phi) is 7.03. The molecule has 160 valence electrons. The van der Waals surface area contributed by atoms with Crippen molar-refractivity contribution in [3.05, 3.63) is 51.8 Å². The molecule has 1 amide bonds. The number of anilines is 1. The minimum atomic E-state index is -0.657. The lowest BCUT2D eigenvalue weighted by atomic mass is 10.2. The van der Waals surface area contributed by atoms with Crippen LogP contribution in [0.25, 0.3) is 10.2 Å². The first-order valence-corrected chi connectivity index (χ1v) is 10.1. The van der Waals surface area contributed by atoms with E-state index in [1.165, 1.54) is 28.4 Å². The van der Waals surface area contributed by atoms with E-state index >= 15 is 0 Å². The van der Waals surface area contributed by atoms with Crippen molar-refractivity contribution in [3.63, 3.8) is 0 Å². The first-order chi connectivity index (χ1) is 14.0. The molecular formula is C19H21ClN4O5S. The Bertz CT molecular complexity index is 1050. The van der Waals surface area contributed by atoms with Gasteiger partial charge in [0, 0.05) is 26.2 Å². The molecule has 2 aromatic heterocycles.